The maximum Gasteiger partial charge on any atom is 0.235 e. The summed E-state index contributed by atoms with van der Waals surface area (Å²) in [6.45, 7) is 0. The maximum atomic E-state index is 6.77. The summed E-state index contributed by atoms with van der Waals surface area (Å²) < 4.78 is 9.05. The molecule has 0 saturated carbocycles. The summed E-state index contributed by atoms with van der Waals surface area (Å²) in [5.41, 5.74) is 8.86. The van der Waals surface area contributed by atoms with Crippen molar-refractivity contribution in [3.63, 3.8) is 0 Å². The van der Waals surface area contributed by atoms with Gasteiger partial charge in [0.15, 0.2) is 0 Å². The first-order valence-electron chi connectivity index (χ1n) is 16.9. The van der Waals surface area contributed by atoms with E-state index in [2.05, 4.69) is 150 Å². The molecular formula is C46H27N3O. The molecule has 50 heavy (non-hydrogen) atoms. The molecule has 0 atom stereocenters. The monoisotopic (exact) mass is 637 g/mol. The predicted molar refractivity (Wildman–Crippen MR) is 207 cm³/mol. The molecule has 0 saturated heterocycles. The number of nitrogens with zero attached hydrogens (tertiary/aromatic N) is 3. The van der Waals surface area contributed by atoms with E-state index >= 15 is 0 Å². The van der Waals surface area contributed by atoms with Crippen LogP contribution in [0.25, 0.3) is 105 Å². The van der Waals surface area contributed by atoms with Crippen LogP contribution in [0.15, 0.2) is 168 Å². The molecule has 3 aromatic heterocycles. The predicted octanol–water partition coefficient (Wildman–Crippen LogP) is 12.3. The lowest BCUT2D eigenvalue weighted by Crippen LogP contribution is -2.04. The molecule has 4 heteroatoms. The molecule has 0 N–H and O–H groups in total. The van der Waals surface area contributed by atoms with Gasteiger partial charge in [-0.05, 0) is 51.9 Å². The lowest BCUT2D eigenvalue weighted by molar-refractivity contribution is 0.670. The Morgan fingerprint density at radius 2 is 1.12 bits per heavy atom. The van der Waals surface area contributed by atoms with Crippen molar-refractivity contribution in [3.05, 3.63) is 164 Å². The summed E-state index contributed by atoms with van der Waals surface area (Å²) in [6, 6.07) is 57.7. The minimum Gasteiger partial charge on any atom is -0.455 e. The fourth-order valence-corrected chi connectivity index (χ4v) is 7.93. The van der Waals surface area contributed by atoms with E-state index in [-0.39, 0.29) is 0 Å². The van der Waals surface area contributed by atoms with E-state index in [4.69, 9.17) is 14.4 Å². The highest BCUT2D eigenvalue weighted by Crippen LogP contribution is 2.46. The molecule has 0 aliphatic heterocycles. The van der Waals surface area contributed by atoms with Crippen LogP contribution in [0.2, 0.25) is 0 Å². The van der Waals surface area contributed by atoms with Gasteiger partial charge in [-0.1, -0.05) is 133 Å². The second-order valence-electron chi connectivity index (χ2n) is 13.0. The summed E-state index contributed by atoms with van der Waals surface area (Å²) in [4.78, 5) is 10.7. The Hall–Kier alpha value is -6.78. The molecule has 11 rings (SSSR count). The topological polar surface area (TPSA) is 43.9 Å². The Bertz CT molecular complexity index is 3150. The van der Waals surface area contributed by atoms with E-state index in [1.165, 1.54) is 16.2 Å². The Morgan fingerprint density at radius 1 is 0.460 bits per heavy atom. The van der Waals surface area contributed by atoms with Crippen molar-refractivity contribution in [2.24, 2.45) is 0 Å². The molecule has 0 amide bonds. The van der Waals surface area contributed by atoms with Gasteiger partial charge in [-0.15, -0.1) is 0 Å². The van der Waals surface area contributed by atoms with Crippen LogP contribution in [0, 0.1) is 0 Å². The third-order valence-electron chi connectivity index (χ3n) is 10.2. The van der Waals surface area contributed by atoms with E-state index in [1.54, 1.807) is 0 Å². The summed E-state index contributed by atoms with van der Waals surface area (Å²) in [6.07, 6.45) is 0. The van der Waals surface area contributed by atoms with Crippen LogP contribution in [0.1, 0.15) is 0 Å². The van der Waals surface area contributed by atoms with Crippen molar-refractivity contribution in [1.29, 1.82) is 0 Å². The fraction of sp³-hybridized carbons (Fsp3) is 0. The Balaban J connectivity index is 1.35. The number of furan rings is 1. The van der Waals surface area contributed by atoms with Crippen molar-refractivity contribution in [2.45, 2.75) is 0 Å². The second kappa shape index (κ2) is 10.4. The first-order chi connectivity index (χ1) is 24.8. The molecule has 0 unspecified atom stereocenters. The molecule has 0 fully saturated rings. The molecule has 11 aromatic rings. The molecule has 0 spiro atoms. The van der Waals surface area contributed by atoms with Gasteiger partial charge in [0.05, 0.1) is 22.2 Å². The summed E-state index contributed by atoms with van der Waals surface area (Å²) >= 11 is 0. The van der Waals surface area contributed by atoms with Crippen molar-refractivity contribution in [3.8, 4) is 28.3 Å². The number of hydrogen-bond acceptors (Lipinski definition) is 3. The highest BCUT2D eigenvalue weighted by Gasteiger charge is 2.24. The van der Waals surface area contributed by atoms with Gasteiger partial charge >= 0.3 is 0 Å². The van der Waals surface area contributed by atoms with Gasteiger partial charge in [0.2, 0.25) is 5.95 Å². The van der Waals surface area contributed by atoms with Crippen molar-refractivity contribution >= 4 is 76.2 Å². The highest BCUT2D eigenvalue weighted by atomic mass is 16.3. The minimum absolute atomic E-state index is 0.631. The lowest BCUT2D eigenvalue weighted by Gasteiger charge is -2.15. The van der Waals surface area contributed by atoms with Crippen molar-refractivity contribution in [2.75, 3.05) is 0 Å². The van der Waals surface area contributed by atoms with Gasteiger partial charge in [-0.3, -0.25) is 4.57 Å². The third-order valence-corrected chi connectivity index (χ3v) is 10.2. The van der Waals surface area contributed by atoms with Gasteiger partial charge in [0.25, 0.3) is 0 Å². The summed E-state index contributed by atoms with van der Waals surface area (Å²) in [5, 5.41) is 10.2. The maximum absolute atomic E-state index is 6.77. The average molecular weight is 638 g/mol. The minimum atomic E-state index is 0.631. The van der Waals surface area contributed by atoms with Crippen LogP contribution in [0.4, 0.5) is 0 Å². The normalized spacial score (nSPS) is 12.0. The Kier molecular flexibility index (Phi) is 5.63. The largest absolute Gasteiger partial charge is 0.455 e. The van der Waals surface area contributed by atoms with E-state index in [9.17, 15) is 0 Å². The molecule has 3 heterocycles. The molecule has 8 aromatic carbocycles. The van der Waals surface area contributed by atoms with Crippen molar-refractivity contribution in [1.82, 2.24) is 14.5 Å². The zero-order valence-electron chi connectivity index (χ0n) is 26.8. The van der Waals surface area contributed by atoms with Crippen LogP contribution in [0.5, 0.6) is 0 Å². The SMILES string of the molecule is c1ccc(-c2nc(-n3c4cc5ccccc5cc4c4cccc(-c5c6ccccc6cc6c5oc5ccccc56)c43)nc3ccccc23)cc1. The smallest absolute Gasteiger partial charge is 0.235 e. The van der Waals surface area contributed by atoms with Gasteiger partial charge in [0, 0.05) is 43.6 Å². The average Bonchev–Trinajstić information content (AvgIpc) is 3.71. The van der Waals surface area contributed by atoms with Crippen LogP contribution in [0.3, 0.4) is 0 Å². The fourth-order valence-electron chi connectivity index (χ4n) is 7.93. The molecular weight excluding hydrogens is 611 g/mol. The van der Waals surface area contributed by atoms with Gasteiger partial charge in [-0.2, -0.15) is 0 Å². The number of benzene rings is 8. The molecule has 4 nitrogen and oxygen atoms in total. The number of fused-ring (bicyclic) bond motifs is 9. The van der Waals surface area contributed by atoms with E-state index in [0.717, 1.165) is 82.4 Å². The summed E-state index contributed by atoms with van der Waals surface area (Å²) in [7, 11) is 0. The van der Waals surface area contributed by atoms with E-state index in [0.29, 0.717) is 5.95 Å². The van der Waals surface area contributed by atoms with Gasteiger partial charge in [0.1, 0.15) is 11.2 Å². The van der Waals surface area contributed by atoms with Gasteiger partial charge in [-0.25, -0.2) is 9.97 Å². The zero-order chi connectivity index (χ0) is 32.8. The first-order valence-corrected chi connectivity index (χ1v) is 16.9. The number of para-hydroxylation sites is 3. The molecule has 0 radical (unpaired) electrons. The van der Waals surface area contributed by atoms with Gasteiger partial charge < -0.3 is 4.42 Å². The van der Waals surface area contributed by atoms with E-state index < -0.39 is 0 Å². The van der Waals surface area contributed by atoms with Crippen LogP contribution in [-0.2, 0) is 0 Å². The number of hydrogen-bond donors (Lipinski definition) is 0. The quantitative estimate of drug-likeness (QED) is 0.194. The standard InChI is InChI=1S/C46H27N3O/c1-2-13-28(14-3-1)43-35-20-8-10-23-39(35)47-46(48-43)49-40-27-30-16-5-4-15-29(30)25-37(40)34-21-12-22-36(44(34)49)42-32-18-7-6-17-31(32)26-38-33-19-9-11-24-41(33)50-45(38)42/h1-27H. The first kappa shape index (κ1) is 27.2. The Labute approximate surface area is 286 Å². The van der Waals surface area contributed by atoms with Crippen LogP contribution < -0.4 is 0 Å². The second-order valence-corrected chi connectivity index (χ2v) is 13.0. The summed E-state index contributed by atoms with van der Waals surface area (Å²) in [5.74, 6) is 0.631. The highest BCUT2D eigenvalue weighted by molar-refractivity contribution is 6.23. The Morgan fingerprint density at radius 3 is 1.98 bits per heavy atom. The van der Waals surface area contributed by atoms with Crippen molar-refractivity contribution < 1.29 is 4.42 Å². The van der Waals surface area contributed by atoms with Crippen LogP contribution in [-0.4, -0.2) is 14.5 Å². The number of rotatable bonds is 3. The third kappa shape index (κ3) is 3.87. The molecule has 0 aliphatic rings. The van der Waals surface area contributed by atoms with E-state index in [1.807, 2.05) is 18.2 Å². The molecule has 0 bridgehead atoms. The lowest BCUT2D eigenvalue weighted by atomic mass is 9.93. The number of aromatic nitrogens is 3. The molecule has 232 valence electrons. The van der Waals surface area contributed by atoms with Crippen LogP contribution >= 0.6 is 0 Å². The zero-order valence-corrected chi connectivity index (χ0v) is 26.8. The molecule has 0 aliphatic carbocycles.